The predicted octanol–water partition coefficient (Wildman–Crippen LogP) is 1.09. The van der Waals surface area contributed by atoms with E-state index >= 15 is 0 Å². The van der Waals surface area contributed by atoms with Gasteiger partial charge in [0.15, 0.2) is 5.82 Å². The molecule has 2 heterocycles. The first kappa shape index (κ1) is 9.77. The van der Waals surface area contributed by atoms with Crippen LogP contribution in [-0.4, -0.2) is 19.4 Å². The molecule has 0 saturated carbocycles. The lowest BCUT2D eigenvalue weighted by molar-refractivity contribution is 0.685. The second-order valence-corrected chi connectivity index (χ2v) is 3.75. The summed E-state index contributed by atoms with van der Waals surface area (Å²) in [6.45, 7) is 0. The molecule has 17 heavy (non-hydrogen) atoms. The molecule has 1 aromatic carbocycles. The van der Waals surface area contributed by atoms with E-state index in [4.69, 9.17) is 0 Å². The van der Waals surface area contributed by atoms with Crippen molar-refractivity contribution in [1.82, 2.24) is 19.4 Å². The Kier molecular flexibility index (Phi) is 2.04. The number of hydrogen-bond acceptors (Lipinski definition) is 3. The summed E-state index contributed by atoms with van der Waals surface area (Å²) in [6.07, 6.45) is 1.60. The van der Waals surface area contributed by atoms with E-state index in [1.807, 2.05) is 30.3 Å². The van der Waals surface area contributed by atoms with Crippen LogP contribution in [0.15, 0.2) is 47.4 Å². The Morgan fingerprint density at radius 1 is 1.12 bits per heavy atom. The Morgan fingerprint density at radius 3 is 2.65 bits per heavy atom. The van der Waals surface area contributed by atoms with Crippen LogP contribution >= 0.6 is 0 Å². The zero-order chi connectivity index (χ0) is 11.8. The number of benzene rings is 1. The second-order valence-electron chi connectivity index (χ2n) is 3.75. The lowest BCUT2D eigenvalue weighted by atomic mass is 10.2. The Morgan fingerprint density at radius 2 is 1.88 bits per heavy atom. The van der Waals surface area contributed by atoms with E-state index in [1.54, 1.807) is 23.8 Å². The second kappa shape index (κ2) is 3.55. The van der Waals surface area contributed by atoms with Crippen molar-refractivity contribution < 1.29 is 0 Å². The van der Waals surface area contributed by atoms with E-state index in [0.717, 1.165) is 5.56 Å². The van der Waals surface area contributed by atoms with Gasteiger partial charge >= 0.3 is 0 Å². The quantitative estimate of drug-likeness (QED) is 0.624. The standard InChI is InChI=1S/C12H10N4O/c1-15-12(17)10-7-8-13-16(10)11(14-15)9-5-3-2-4-6-9/h2-8H,1H3. The molecule has 5 heteroatoms. The van der Waals surface area contributed by atoms with Crippen LogP contribution in [0.4, 0.5) is 0 Å². The smallest absolute Gasteiger partial charge is 0.265 e. The minimum Gasteiger partial charge on any atom is -0.265 e. The molecule has 0 unspecified atom stereocenters. The van der Waals surface area contributed by atoms with Crippen LogP contribution in [-0.2, 0) is 7.05 Å². The molecule has 3 rings (SSSR count). The van der Waals surface area contributed by atoms with Gasteiger partial charge < -0.3 is 0 Å². The maximum Gasteiger partial charge on any atom is 0.292 e. The van der Waals surface area contributed by atoms with Gasteiger partial charge in [-0.05, 0) is 6.07 Å². The molecule has 0 aliphatic rings. The summed E-state index contributed by atoms with van der Waals surface area (Å²) < 4.78 is 2.90. The Balaban J connectivity index is 2.42. The van der Waals surface area contributed by atoms with Crippen LogP contribution in [0.1, 0.15) is 0 Å². The molecule has 84 valence electrons. The summed E-state index contributed by atoms with van der Waals surface area (Å²) in [4.78, 5) is 11.8. The summed E-state index contributed by atoms with van der Waals surface area (Å²) in [5.41, 5.74) is 1.31. The van der Waals surface area contributed by atoms with E-state index in [1.165, 1.54) is 4.68 Å². The SMILES string of the molecule is Cn1nc(-c2ccccc2)n2nccc2c1=O. The highest BCUT2D eigenvalue weighted by Gasteiger charge is 2.10. The van der Waals surface area contributed by atoms with E-state index in [9.17, 15) is 4.79 Å². The van der Waals surface area contributed by atoms with Gasteiger partial charge in [-0.25, -0.2) is 9.20 Å². The van der Waals surface area contributed by atoms with Crippen molar-refractivity contribution in [2.45, 2.75) is 0 Å². The monoisotopic (exact) mass is 226 g/mol. The molecule has 0 aliphatic heterocycles. The van der Waals surface area contributed by atoms with Crippen molar-refractivity contribution in [3.63, 3.8) is 0 Å². The normalized spacial score (nSPS) is 10.9. The molecule has 5 nitrogen and oxygen atoms in total. The topological polar surface area (TPSA) is 52.2 Å². The van der Waals surface area contributed by atoms with Gasteiger partial charge in [0, 0.05) is 12.6 Å². The average molecular weight is 226 g/mol. The number of nitrogens with zero attached hydrogens (tertiary/aromatic N) is 4. The van der Waals surface area contributed by atoms with Crippen molar-refractivity contribution in [1.29, 1.82) is 0 Å². The van der Waals surface area contributed by atoms with Crippen molar-refractivity contribution >= 4 is 5.52 Å². The number of hydrogen-bond donors (Lipinski definition) is 0. The number of rotatable bonds is 1. The summed E-state index contributed by atoms with van der Waals surface area (Å²) >= 11 is 0. The van der Waals surface area contributed by atoms with Gasteiger partial charge in [0.05, 0.1) is 6.20 Å². The van der Waals surface area contributed by atoms with Crippen LogP contribution < -0.4 is 5.56 Å². The Hall–Kier alpha value is -2.43. The van der Waals surface area contributed by atoms with Gasteiger partial charge in [-0.1, -0.05) is 30.3 Å². The zero-order valence-electron chi connectivity index (χ0n) is 9.24. The van der Waals surface area contributed by atoms with Crippen LogP contribution in [0.25, 0.3) is 16.9 Å². The molecule has 3 aromatic rings. The molecule has 0 N–H and O–H groups in total. The third kappa shape index (κ3) is 1.44. The van der Waals surface area contributed by atoms with Gasteiger partial charge in [-0.15, -0.1) is 5.10 Å². The molecular weight excluding hydrogens is 216 g/mol. The number of aromatic nitrogens is 4. The van der Waals surface area contributed by atoms with Crippen molar-refractivity contribution in [3.8, 4) is 11.4 Å². The third-order valence-electron chi connectivity index (χ3n) is 2.63. The fourth-order valence-corrected chi connectivity index (χ4v) is 1.80. The highest BCUT2D eigenvalue weighted by Crippen LogP contribution is 2.15. The van der Waals surface area contributed by atoms with Gasteiger partial charge in [-0.2, -0.15) is 5.10 Å². The molecule has 0 amide bonds. The predicted molar refractivity (Wildman–Crippen MR) is 63.7 cm³/mol. The van der Waals surface area contributed by atoms with E-state index in [2.05, 4.69) is 10.2 Å². The van der Waals surface area contributed by atoms with Crippen molar-refractivity contribution in [2.75, 3.05) is 0 Å². The van der Waals surface area contributed by atoms with Crippen molar-refractivity contribution in [3.05, 3.63) is 52.9 Å². The molecule has 0 atom stereocenters. The fourth-order valence-electron chi connectivity index (χ4n) is 1.80. The zero-order valence-corrected chi connectivity index (χ0v) is 9.24. The molecule has 0 saturated heterocycles. The van der Waals surface area contributed by atoms with Gasteiger partial charge in [0.2, 0.25) is 0 Å². The lowest BCUT2D eigenvalue weighted by Gasteiger charge is -2.05. The largest absolute Gasteiger partial charge is 0.292 e. The molecule has 0 aliphatic carbocycles. The highest BCUT2D eigenvalue weighted by molar-refractivity contribution is 5.59. The van der Waals surface area contributed by atoms with Gasteiger partial charge in [-0.3, -0.25) is 4.79 Å². The molecule has 0 radical (unpaired) electrons. The van der Waals surface area contributed by atoms with Gasteiger partial charge in [0.1, 0.15) is 5.52 Å². The van der Waals surface area contributed by atoms with E-state index in [0.29, 0.717) is 11.3 Å². The van der Waals surface area contributed by atoms with Gasteiger partial charge in [0.25, 0.3) is 5.56 Å². The Labute approximate surface area is 96.9 Å². The summed E-state index contributed by atoms with van der Waals surface area (Å²) in [5.74, 6) is 0.660. The van der Waals surface area contributed by atoms with E-state index in [-0.39, 0.29) is 5.56 Å². The first-order chi connectivity index (χ1) is 8.27. The van der Waals surface area contributed by atoms with Crippen LogP contribution in [0, 0.1) is 0 Å². The average Bonchev–Trinajstić information content (AvgIpc) is 2.84. The first-order valence-corrected chi connectivity index (χ1v) is 5.24. The summed E-state index contributed by atoms with van der Waals surface area (Å²) in [6, 6.07) is 11.4. The molecule has 0 bridgehead atoms. The lowest BCUT2D eigenvalue weighted by Crippen LogP contribution is -2.23. The van der Waals surface area contributed by atoms with Crippen LogP contribution in [0.5, 0.6) is 0 Å². The van der Waals surface area contributed by atoms with Crippen LogP contribution in [0.2, 0.25) is 0 Å². The summed E-state index contributed by atoms with van der Waals surface area (Å²) in [7, 11) is 1.64. The third-order valence-corrected chi connectivity index (χ3v) is 2.63. The minimum absolute atomic E-state index is 0.151. The molecule has 2 aromatic heterocycles. The van der Waals surface area contributed by atoms with E-state index < -0.39 is 0 Å². The molecular formula is C12H10N4O. The first-order valence-electron chi connectivity index (χ1n) is 5.24. The maximum absolute atomic E-state index is 11.8. The molecule has 0 fully saturated rings. The van der Waals surface area contributed by atoms with Crippen LogP contribution in [0.3, 0.4) is 0 Å². The number of fused-ring (bicyclic) bond motifs is 1. The minimum atomic E-state index is -0.151. The molecule has 0 spiro atoms. The summed E-state index contributed by atoms with van der Waals surface area (Å²) in [5, 5.41) is 8.39. The Bertz CT molecular complexity index is 727. The number of aryl methyl sites for hydroxylation is 1. The maximum atomic E-state index is 11.8. The van der Waals surface area contributed by atoms with Crippen molar-refractivity contribution in [2.24, 2.45) is 7.05 Å². The highest BCUT2D eigenvalue weighted by atomic mass is 16.1. The fraction of sp³-hybridized carbons (Fsp3) is 0.0833.